The Bertz CT molecular complexity index is 772. The van der Waals surface area contributed by atoms with Crippen LogP contribution in [0, 0.1) is 0 Å². The Balaban J connectivity index is 0.00000243. The molecule has 3 rings (SSSR count). The average molecular weight is 415 g/mol. The predicted molar refractivity (Wildman–Crippen MR) is 109 cm³/mol. The van der Waals surface area contributed by atoms with Crippen molar-refractivity contribution in [2.75, 3.05) is 18.5 Å². The number of carbonyl (C=O) groups excluding carboxylic acids is 2. The van der Waals surface area contributed by atoms with Crippen LogP contribution < -0.4 is 5.32 Å². The van der Waals surface area contributed by atoms with Crippen molar-refractivity contribution in [3.05, 3.63) is 38.4 Å². The van der Waals surface area contributed by atoms with E-state index in [0.29, 0.717) is 28.1 Å². The van der Waals surface area contributed by atoms with Crippen LogP contribution in [0.15, 0.2) is 17.5 Å². The lowest BCUT2D eigenvalue weighted by atomic mass is 10.0. The number of nitrogens with one attached hydrogen (secondary N) is 1. The average Bonchev–Trinajstić information content (AvgIpc) is 3.21. The molecule has 0 aromatic carbocycles. The Kier molecular flexibility index (Phi) is 7.23. The van der Waals surface area contributed by atoms with Gasteiger partial charge in [0, 0.05) is 24.0 Å². The Labute approximate surface area is 167 Å². The smallest absolute Gasteiger partial charge is 0.341 e. The molecule has 0 radical (unpaired) electrons. The lowest BCUT2D eigenvalue weighted by molar-refractivity contribution is 0.0526. The molecule has 0 saturated carbocycles. The van der Waals surface area contributed by atoms with Crippen molar-refractivity contribution in [3.63, 3.8) is 0 Å². The summed E-state index contributed by atoms with van der Waals surface area (Å²) in [6, 6.07) is 4.06. The number of halogens is 1. The fourth-order valence-corrected chi connectivity index (χ4v) is 4.82. The van der Waals surface area contributed by atoms with Gasteiger partial charge in [-0.25, -0.2) is 4.79 Å². The highest BCUT2D eigenvalue weighted by molar-refractivity contribution is 7.17. The topological polar surface area (TPSA) is 58.6 Å². The van der Waals surface area contributed by atoms with Gasteiger partial charge in [-0.15, -0.1) is 35.1 Å². The zero-order chi connectivity index (χ0) is 18.0. The third-order valence-electron chi connectivity index (χ3n) is 4.27. The first-order chi connectivity index (χ1) is 12.0. The second-order valence-electron chi connectivity index (χ2n) is 6.17. The SMILES string of the molecule is CCOC(=O)c1c(NC(=O)c2cccs2)sc2c1CCN(C(C)C)C2.Cl. The van der Waals surface area contributed by atoms with Gasteiger partial charge in [0.25, 0.3) is 5.91 Å². The van der Waals surface area contributed by atoms with Gasteiger partial charge >= 0.3 is 5.97 Å². The highest BCUT2D eigenvalue weighted by atomic mass is 35.5. The second-order valence-corrected chi connectivity index (χ2v) is 8.23. The molecule has 0 spiro atoms. The second kappa shape index (κ2) is 8.99. The standard InChI is InChI=1S/C18H22N2O3S2.ClH/c1-4-23-18(22)15-12-7-8-20(11(2)3)10-14(12)25-17(15)19-16(21)13-6-5-9-24-13;/h5-6,9,11H,4,7-8,10H2,1-3H3,(H,19,21);1H. The van der Waals surface area contributed by atoms with Crippen molar-refractivity contribution in [3.8, 4) is 0 Å². The molecule has 1 amide bonds. The third-order valence-corrected chi connectivity index (χ3v) is 6.27. The first kappa shape index (κ1) is 20.9. The summed E-state index contributed by atoms with van der Waals surface area (Å²) in [6.45, 7) is 8.17. The fraction of sp³-hybridized carbons (Fsp3) is 0.444. The van der Waals surface area contributed by atoms with Crippen LogP contribution in [0.5, 0.6) is 0 Å². The Morgan fingerprint density at radius 3 is 2.77 bits per heavy atom. The van der Waals surface area contributed by atoms with Crippen LogP contribution in [0.1, 0.15) is 51.2 Å². The number of carbonyl (C=O) groups is 2. The van der Waals surface area contributed by atoms with Crippen molar-refractivity contribution in [1.29, 1.82) is 0 Å². The fourth-order valence-electron chi connectivity index (χ4n) is 2.94. The molecule has 3 heterocycles. The lowest BCUT2D eigenvalue weighted by Gasteiger charge is -2.30. The van der Waals surface area contributed by atoms with Crippen LogP contribution in [0.3, 0.4) is 0 Å². The molecule has 0 unspecified atom stereocenters. The van der Waals surface area contributed by atoms with Crippen molar-refractivity contribution in [1.82, 2.24) is 4.90 Å². The monoisotopic (exact) mass is 414 g/mol. The minimum absolute atomic E-state index is 0. The lowest BCUT2D eigenvalue weighted by Crippen LogP contribution is -2.35. The number of anilines is 1. The number of amides is 1. The first-order valence-corrected chi connectivity index (χ1v) is 10.1. The first-order valence-electron chi connectivity index (χ1n) is 8.41. The van der Waals surface area contributed by atoms with Gasteiger partial charge in [0.15, 0.2) is 0 Å². The van der Waals surface area contributed by atoms with Crippen LogP contribution in [0.4, 0.5) is 5.00 Å². The zero-order valence-corrected chi connectivity index (χ0v) is 17.5. The van der Waals surface area contributed by atoms with E-state index in [1.165, 1.54) is 22.7 Å². The van der Waals surface area contributed by atoms with E-state index in [4.69, 9.17) is 4.74 Å². The zero-order valence-electron chi connectivity index (χ0n) is 15.0. The maximum atomic E-state index is 12.5. The molecular weight excluding hydrogens is 392 g/mol. The minimum atomic E-state index is -0.348. The van der Waals surface area contributed by atoms with Gasteiger partial charge < -0.3 is 10.1 Å². The molecule has 1 aliphatic heterocycles. The van der Waals surface area contributed by atoms with Crippen molar-refractivity contribution < 1.29 is 14.3 Å². The molecule has 0 fully saturated rings. The number of hydrogen-bond donors (Lipinski definition) is 1. The molecule has 26 heavy (non-hydrogen) atoms. The van der Waals surface area contributed by atoms with E-state index >= 15 is 0 Å². The van der Waals surface area contributed by atoms with E-state index < -0.39 is 0 Å². The number of thiophene rings is 2. The van der Waals surface area contributed by atoms with Crippen LogP contribution in [-0.2, 0) is 17.7 Å². The molecule has 2 aromatic rings. The number of esters is 1. The highest BCUT2D eigenvalue weighted by Gasteiger charge is 2.30. The van der Waals surface area contributed by atoms with Gasteiger partial charge in [-0.05, 0) is 44.2 Å². The van der Waals surface area contributed by atoms with Gasteiger partial charge in [-0.1, -0.05) is 6.07 Å². The molecule has 2 aromatic heterocycles. The number of ether oxygens (including phenoxy) is 1. The number of rotatable bonds is 5. The van der Waals surface area contributed by atoms with Gasteiger partial charge in [-0.3, -0.25) is 9.69 Å². The summed E-state index contributed by atoms with van der Waals surface area (Å²) >= 11 is 2.88. The minimum Gasteiger partial charge on any atom is -0.462 e. The molecule has 5 nitrogen and oxygen atoms in total. The van der Waals surface area contributed by atoms with Gasteiger partial charge in [0.2, 0.25) is 0 Å². The van der Waals surface area contributed by atoms with Crippen molar-refractivity contribution in [2.24, 2.45) is 0 Å². The van der Waals surface area contributed by atoms with E-state index in [0.717, 1.165) is 30.0 Å². The Morgan fingerprint density at radius 1 is 1.38 bits per heavy atom. The molecule has 0 saturated heterocycles. The summed E-state index contributed by atoms with van der Waals surface area (Å²) in [5, 5.41) is 5.39. The Hall–Kier alpha value is -1.41. The van der Waals surface area contributed by atoms with Gasteiger partial charge in [0.1, 0.15) is 5.00 Å². The summed E-state index contributed by atoms with van der Waals surface area (Å²) in [5.74, 6) is -0.528. The normalized spacial score (nSPS) is 13.8. The summed E-state index contributed by atoms with van der Waals surface area (Å²) in [6.07, 6.45) is 0.799. The van der Waals surface area contributed by atoms with Gasteiger partial charge in [0.05, 0.1) is 17.0 Å². The quantitative estimate of drug-likeness (QED) is 0.735. The number of hydrogen-bond acceptors (Lipinski definition) is 6. The van der Waals surface area contributed by atoms with Crippen LogP contribution in [0.25, 0.3) is 0 Å². The highest BCUT2D eigenvalue weighted by Crippen LogP contribution is 2.38. The molecule has 1 N–H and O–H groups in total. The summed E-state index contributed by atoms with van der Waals surface area (Å²) in [5.41, 5.74) is 1.57. The van der Waals surface area contributed by atoms with E-state index in [1.807, 2.05) is 11.4 Å². The number of fused-ring (bicyclic) bond motifs is 1. The molecular formula is C18H23ClN2O3S2. The van der Waals surface area contributed by atoms with Crippen LogP contribution >= 0.6 is 35.1 Å². The number of nitrogens with zero attached hydrogens (tertiary/aromatic N) is 1. The summed E-state index contributed by atoms with van der Waals surface area (Å²) < 4.78 is 5.25. The molecule has 8 heteroatoms. The largest absolute Gasteiger partial charge is 0.462 e. The van der Waals surface area contributed by atoms with E-state index in [-0.39, 0.29) is 24.3 Å². The summed E-state index contributed by atoms with van der Waals surface area (Å²) in [4.78, 5) is 29.1. The molecule has 0 bridgehead atoms. The van der Waals surface area contributed by atoms with E-state index in [9.17, 15) is 9.59 Å². The maximum Gasteiger partial charge on any atom is 0.341 e. The molecule has 1 aliphatic rings. The van der Waals surface area contributed by atoms with Gasteiger partial charge in [-0.2, -0.15) is 0 Å². The predicted octanol–water partition coefficient (Wildman–Crippen LogP) is 4.43. The molecule has 0 atom stereocenters. The molecule has 0 aliphatic carbocycles. The van der Waals surface area contributed by atoms with E-state index in [1.54, 1.807) is 13.0 Å². The summed E-state index contributed by atoms with van der Waals surface area (Å²) in [7, 11) is 0. The van der Waals surface area contributed by atoms with Crippen LogP contribution in [0.2, 0.25) is 0 Å². The van der Waals surface area contributed by atoms with Crippen LogP contribution in [-0.4, -0.2) is 36.0 Å². The van der Waals surface area contributed by atoms with Crippen molar-refractivity contribution in [2.45, 2.75) is 39.8 Å². The van der Waals surface area contributed by atoms with Crippen molar-refractivity contribution >= 4 is 52.0 Å². The van der Waals surface area contributed by atoms with E-state index in [2.05, 4.69) is 24.1 Å². The third kappa shape index (κ3) is 4.28. The molecule has 142 valence electrons. The Morgan fingerprint density at radius 2 is 2.15 bits per heavy atom. The maximum absolute atomic E-state index is 12.5.